The molecule has 0 spiro atoms. The molecule has 0 aliphatic heterocycles. The van der Waals surface area contributed by atoms with E-state index in [-0.39, 0.29) is 12.5 Å². The highest BCUT2D eigenvalue weighted by Crippen LogP contribution is 2.01. The van der Waals surface area contributed by atoms with E-state index >= 15 is 0 Å². The van der Waals surface area contributed by atoms with E-state index < -0.39 is 0 Å². The maximum Gasteiger partial charge on any atom is 0.229 e. The summed E-state index contributed by atoms with van der Waals surface area (Å²) >= 11 is 0. The second-order valence-electron chi connectivity index (χ2n) is 1.73. The van der Waals surface area contributed by atoms with Crippen molar-refractivity contribution >= 4 is 0 Å². The molecular formula is C5H9N3O2. The minimum absolute atomic E-state index is 0.0132. The van der Waals surface area contributed by atoms with Crippen LogP contribution in [0.4, 0.5) is 0 Å². The molecule has 0 radical (unpaired) electrons. The lowest BCUT2D eigenvalue weighted by Crippen LogP contribution is -2.18. The van der Waals surface area contributed by atoms with Crippen LogP contribution in [0.5, 0.6) is 5.88 Å². The molecule has 5 nitrogen and oxygen atoms in total. The number of aromatic nitrogens is 2. The average molecular weight is 143 g/mol. The van der Waals surface area contributed by atoms with Gasteiger partial charge in [-0.15, -0.1) is 4.79 Å². The van der Waals surface area contributed by atoms with Crippen molar-refractivity contribution in [2.24, 2.45) is 0 Å². The molecule has 1 rings (SSSR count). The van der Waals surface area contributed by atoms with Crippen LogP contribution in [0.2, 0.25) is 0 Å². The van der Waals surface area contributed by atoms with E-state index in [2.05, 4.69) is 10.5 Å². The van der Waals surface area contributed by atoms with Gasteiger partial charge >= 0.3 is 0 Å². The summed E-state index contributed by atoms with van der Waals surface area (Å²) in [4.78, 5) is 1.19. The van der Waals surface area contributed by atoms with E-state index in [4.69, 9.17) is 10.2 Å². The molecule has 1 aromatic heterocycles. The Balaban J connectivity index is 2.49. The predicted octanol–water partition coefficient (Wildman–Crippen LogP) is -0.876. The Morgan fingerprint density at radius 1 is 1.70 bits per heavy atom. The fourth-order valence-corrected chi connectivity index (χ4v) is 0.574. The summed E-state index contributed by atoms with van der Waals surface area (Å²) in [6.45, 7) is 0.383. The Kier molecular flexibility index (Phi) is 2.11. The molecule has 0 unspecified atom stereocenters. The zero-order valence-electron chi connectivity index (χ0n) is 5.36. The van der Waals surface area contributed by atoms with Gasteiger partial charge in [-0.05, 0) is 0 Å². The summed E-state index contributed by atoms with van der Waals surface area (Å²) in [6.07, 6.45) is 1.46. The van der Waals surface area contributed by atoms with Gasteiger partial charge in [0.2, 0.25) is 5.88 Å². The molecule has 1 heterocycles. The van der Waals surface area contributed by atoms with Crippen LogP contribution in [0.15, 0.2) is 12.3 Å². The van der Waals surface area contributed by atoms with Crippen LogP contribution >= 0.6 is 0 Å². The van der Waals surface area contributed by atoms with Crippen LogP contribution in [0, 0.1) is 0 Å². The van der Waals surface area contributed by atoms with Gasteiger partial charge in [0.25, 0.3) is 0 Å². The van der Waals surface area contributed by atoms with Crippen molar-refractivity contribution in [1.29, 1.82) is 0 Å². The van der Waals surface area contributed by atoms with Gasteiger partial charge in [0.1, 0.15) is 0 Å². The van der Waals surface area contributed by atoms with Gasteiger partial charge in [0.05, 0.1) is 19.3 Å². The Bertz CT molecular complexity index is 199. The van der Waals surface area contributed by atoms with E-state index in [0.717, 1.165) is 0 Å². The second kappa shape index (κ2) is 3.07. The standard InChI is InChI=1S/C5H9N3O2/c9-4-3-7-8-5(10)1-2-6-8/h1-2,7,9-10H,3-4H2. The first-order valence-electron chi connectivity index (χ1n) is 2.92. The number of aliphatic hydroxyl groups is 1. The molecule has 0 atom stereocenters. The Hall–Kier alpha value is -1.23. The highest BCUT2D eigenvalue weighted by molar-refractivity contribution is 5.06. The van der Waals surface area contributed by atoms with E-state index in [0.29, 0.717) is 6.54 Å². The molecule has 3 N–H and O–H groups in total. The maximum atomic E-state index is 8.93. The number of rotatable bonds is 3. The highest BCUT2D eigenvalue weighted by Gasteiger charge is 1.94. The van der Waals surface area contributed by atoms with Crippen LogP contribution in [0.25, 0.3) is 0 Å². The van der Waals surface area contributed by atoms with Gasteiger partial charge in [-0.25, -0.2) is 0 Å². The first-order valence-corrected chi connectivity index (χ1v) is 2.92. The van der Waals surface area contributed by atoms with E-state index in [1.807, 2.05) is 0 Å². The van der Waals surface area contributed by atoms with Crippen molar-refractivity contribution in [2.75, 3.05) is 18.6 Å². The average Bonchev–Trinajstić information content (AvgIpc) is 2.31. The molecule has 0 bridgehead atoms. The van der Waals surface area contributed by atoms with Gasteiger partial charge in [0, 0.05) is 6.07 Å². The van der Waals surface area contributed by atoms with Gasteiger partial charge in [-0.3, -0.25) is 0 Å². The van der Waals surface area contributed by atoms with Crippen LogP contribution < -0.4 is 5.43 Å². The zero-order valence-corrected chi connectivity index (χ0v) is 5.36. The Morgan fingerprint density at radius 2 is 2.50 bits per heavy atom. The molecular weight excluding hydrogens is 134 g/mol. The largest absolute Gasteiger partial charge is 0.492 e. The molecule has 5 heteroatoms. The number of aromatic hydroxyl groups is 1. The summed E-state index contributed by atoms with van der Waals surface area (Å²) < 4.78 is 0. The number of nitrogens with one attached hydrogen (secondary N) is 1. The smallest absolute Gasteiger partial charge is 0.229 e. The third-order valence-corrected chi connectivity index (χ3v) is 0.996. The molecule has 0 fully saturated rings. The summed E-state index contributed by atoms with van der Waals surface area (Å²) in [6, 6.07) is 1.45. The quantitative estimate of drug-likeness (QED) is 0.514. The second-order valence-corrected chi connectivity index (χ2v) is 1.73. The highest BCUT2D eigenvalue weighted by atomic mass is 16.3. The molecule has 0 aromatic carbocycles. The fourth-order valence-electron chi connectivity index (χ4n) is 0.574. The summed E-state index contributed by atoms with van der Waals surface area (Å²) in [5, 5.41) is 21.0. The van der Waals surface area contributed by atoms with Crippen molar-refractivity contribution in [2.45, 2.75) is 0 Å². The molecule has 10 heavy (non-hydrogen) atoms. The topological polar surface area (TPSA) is 70.3 Å². The monoisotopic (exact) mass is 143 g/mol. The number of hydrogen-bond acceptors (Lipinski definition) is 4. The SMILES string of the molecule is OCCNn1nccc1O. The molecule has 0 saturated heterocycles. The molecule has 0 aliphatic carbocycles. The van der Waals surface area contributed by atoms with Crippen molar-refractivity contribution in [1.82, 2.24) is 9.89 Å². The van der Waals surface area contributed by atoms with Crippen LogP contribution in [-0.4, -0.2) is 33.3 Å². The minimum Gasteiger partial charge on any atom is -0.492 e. The maximum absolute atomic E-state index is 8.93. The minimum atomic E-state index is 0.0132. The van der Waals surface area contributed by atoms with Crippen molar-refractivity contribution < 1.29 is 10.2 Å². The van der Waals surface area contributed by atoms with Crippen LogP contribution in [0.3, 0.4) is 0 Å². The van der Waals surface area contributed by atoms with Crippen molar-refractivity contribution in [3.8, 4) is 5.88 Å². The number of aliphatic hydroxyl groups excluding tert-OH is 1. The summed E-state index contributed by atoms with van der Waals surface area (Å²) in [5.41, 5.74) is 2.65. The first kappa shape index (κ1) is 6.88. The molecule has 0 aliphatic rings. The fraction of sp³-hybridized carbons (Fsp3) is 0.400. The third kappa shape index (κ3) is 1.38. The number of nitrogens with zero attached hydrogens (tertiary/aromatic N) is 2. The lowest BCUT2D eigenvalue weighted by molar-refractivity contribution is 0.303. The Morgan fingerprint density at radius 3 is 3.00 bits per heavy atom. The van der Waals surface area contributed by atoms with Crippen molar-refractivity contribution in [3.05, 3.63) is 12.3 Å². The van der Waals surface area contributed by atoms with Gasteiger partial charge < -0.3 is 15.6 Å². The third-order valence-electron chi connectivity index (χ3n) is 0.996. The molecule has 1 aromatic rings. The predicted molar refractivity (Wildman–Crippen MR) is 35.2 cm³/mol. The lowest BCUT2D eigenvalue weighted by atomic mass is 10.7. The number of hydrogen-bond donors (Lipinski definition) is 3. The van der Waals surface area contributed by atoms with Crippen LogP contribution in [0.1, 0.15) is 0 Å². The van der Waals surface area contributed by atoms with Gasteiger partial charge in [0.15, 0.2) is 0 Å². The molecule has 0 amide bonds. The first-order chi connectivity index (χ1) is 4.84. The molecule has 56 valence electrons. The van der Waals surface area contributed by atoms with Gasteiger partial charge in [-0.1, -0.05) is 0 Å². The summed E-state index contributed by atoms with van der Waals surface area (Å²) in [5.74, 6) is 0.0356. The van der Waals surface area contributed by atoms with Gasteiger partial charge in [-0.2, -0.15) is 5.10 Å². The normalized spacial score (nSPS) is 9.70. The Labute approximate surface area is 57.9 Å². The summed E-state index contributed by atoms with van der Waals surface area (Å²) in [7, 11) is 0. The van der Waals surface area contributed by atoms with E-state index in [1.165, 1.54) is 17.1 Å². The zero-order chi connectivity index (χ0) is 7.40. The van der Waals surface area contributed by atoms with Crippen LogP contribution in [-0.2, 0) is 0 Å². The van der Waals surface area contributed by atoms with E-state index in [9.17, 15) is 0 Å². The van der Waals surface area contributed by atoms with Crippen molar-refractivity contribution in [3.63, 3.8) is 0 Å². The van der Waals surface area contributed by atoms with E-state index in [1.54, 1.807) is 0 Å². The lowest BCUT2D eigenvalue weighted by Gasteiger charge is -2.03. The molecule has 0 saturated carbocycles.